The van der Waals surface area contributed by atoms with Crippen LogP contribution >= 0.6 is 0 Å². The highest BCUT2D eigenvalue weighted by Crippen LogP contribution is 2.14. The fraction of sp³-hybridized carbons (Fsp3) is 0.875. The van der Waals surface area contributed by atoms with Gasteiger partial charge in [-0.1, -0.05) is 6.92 Å². The van der Waals surface area contributed by atoms with Crippen LogP contribution in [0.4, 0.5) is 0 Å². The fourth-order valence-electron chi connectivity index (χ4n) is 1.41. The molecular weight excluding hydrogens is 190 g/mol. The van der Waals surface area contributed by atoms with Gasteiger partial charge < -0.3 is 0 Å². The molecule has 1 aliphatic heterocycles. The lowest BCUT2D eigenvalue weighted by molar-refractivity contribution is -0.126. The molecule has 0 atom stereocenters. The van der Waals surface area contributed by atoms with Crippen molar-refractivity contribution in [2.45, 2.75) is 32.6 Å². The molecule has 0 radical (unpaired) electrons. The van der Waals surface area contributed by atoms with Crippen LogP contribution in [0.25, 0.3) is 0 Å². The van der Waals surface area contributed by atoms with Crippen LogP contribution in [0.15, 0.2) is 0 Å². The average molecular weight is 205 g/mol. The van der Waals surface area contributed by atoms with Crippen LogP contribution in [-0.4, -0.2) is 30.9 Å². The number of sulfonamides is 1. The molecule has 13 heavy (non-hydrogen) atoms. The second-order valence-corrected chi connectivity index (χ2v) is 5.25. The Balaban J connectivity index is 2.71. The van der Waals surface area contributed by atoms with E-state index in [1.807, 2.05) is 6.92 Å². The smallest absolute Gasteiger partial charge is 0.237 e. The molecule has 0 aromatic carbocycles. The number of nitrogens with zero attached hydrogens (tertiary/aromatic N) is 1. The highest BCUT2D eigenvalue weighted by molar-refractivity contribution is 7.89. The minimum Gasteiger partial charge on any atom is -0.274 e. The van der Waals surface area contributed by atoms with Gasteiger partial charge in [-0.15, -0.1) is 0 Å². The lowest BCUT2D eigenvalue weighted by Gasteiger charge is -2.26. The molecule has 0 aromatic rings. The number of hydrogen-bond acceptors (Lipinski definition) is 3. The van der Waals surface area contributed by atoms with E-state index in [4.69, 9.17) is 0 Å². The molecule has 0 aromatic heterocycles. The summed E-state index contributed by atoms with van der Waals surface area (Å²) in [6.45, 7) is 2.25. The largest absolute Gasteiger partial charge is 0.274 e. The summed E-state index contributed by atoms with van der Waals surface area (Å²) in [5.74, 6) is -0.121. The van der Waals surface area contributed by atoms with Crippen LogP contribution in [0.3, 0.4) is 0 Å². The molecule has 1 amide bonds. The summed E-state index contributed by atoms with van der Waals surface area (Å²) in [6, 6.07) is 0. The van der Waals surface area contributed by atoms with Gasteiger partial charge in [-0.2, -0.15) is 0 Å². The third-order valence-electron chi connectivity index (χ3n) is 2.09. The lowest BCUT2D eigenvalue weighted by atomic mass is 10.3. The second-order valence-electron chi connectivity index (χ2n) is 3.24. The van der Waals surface area contributed by atoms with Crippen molar-refractivity contribution in [2.24, 2.45) is 0 Å². The van der Waals surface area contributed by atoms with Gasteiger partial charge in [0.15, 0.2) is 0 Å². The molecule has 1 saturated heterocycles. The van der Waals surface area contributed by atoms with E-state index >= 15 is 0 Å². The summed E-state index contributed by atoms with van der Waals surface area (Å²) in [5, 5.41) is 0. The second kappa shape index (κ2) is 4.09. The van der Waals surface area contributed by atoms with Crippen molar-refractivity contribution in [3.8, 4) is 0 Å². The summed E-state index contributed by atoms with van der Waals surface area (Å²) in [5.41, 5.74) is 0. The van der Waals surface area contributed by atoms with E-state index in [0.717, 1.165) is 10.7 Å². The van der Waals surface area contributed by atoms with Crippen molar-refractivity contribution in [3.05, 3.63) is 0 Å². The first-order valence-electron chi connectivity index (χ1n) is 4.61. The van der Waals surface area contributed by atoms with Crippen molar-refractivity contribution in [2.75, 3.05) is 12.3 Å². The van der Waals surface area contributed by atoms with Crippen LogP contribution < -0.4 is 0 Å². The van der Waals surface area contributed by atoms with Gasteiger partial charge in [0, 0.05) is 13.0 Å². The maximum atomic E-state index is 11.4. The maximum Gasteiger partial charge on any atom is 0.237 e. The summed E-state index contributed by atoms with van der Waals surface area (Å²) >= 11 is 0. The Hall–Kier alpha value is -0.580. The molecule has 1 fully saturated rings. The normalized spacial score (nSPS) is 21.5. The van der Waals surface area contributed by atoms with Gasteiger partial charge in [0.2, 0.25) is 15.9 Å². The standard InChI is InChI=1S/C8H15NO3S/c1-2-5-8(10)9-6-3-4-7-13(9,11)12/h2-7H2,1H3. The summed E-state index contributed by atoms with van der Waals surface area (Å²) in [4.78, 5) is 11.4. The van der Waals surface area contributed by atoms with Crippen LogP contribution in [0.1, 0.15) is 32.6 Å². The zero-order chi connectivity index (χ0) is 9.90. The molecule has 1 heterocycles. The van der Waals surface area contributed by atoms with Crippen molar-refractivity contribution in [1.29, 1.82) is 0 Å². The van der Waals surface area contributed by atoms with Gasteiger partial charge in [0.1, 0.15) is 0 Å². The Morgan fingerprint density at radius 1 is 1.38 bits per heavy atom. The van der Waals surface area contributed by atoms with Crippen molar-refractivity contribution < 1.29 is 13.2 Å². The van der Waals surface area contributed by atoms with Gasteiger partial charge in [0.05, 0.1) is 5.75 Å². The Morgan fingerprint density at radius 2 is 2.08 bits per heavy atom. The topological polar surface area (TPSA) is 54.5 Å². The van der Waals surface area contributed by atoms with Crippen LogP contribution in [0, 0.1) is 0 Å². The van der Waals surface area contributed by atoms with Gasteiger partial charge in [0.25, 0.3) is 0 Å². The van der Waals surface area contributed by atoms with Crippen molar-refractivity contribution in [1.82, 2.24) is 4.31 Å². The Morgan fingerprint density at radius 3 is 2.62 bits per heavy atom. The summed E-state index contributed by atoms with van der Waals surface area (Å²) in [7, 11) is -3.26. The molecule has 0 N–H and O–H groups in total. The monoisotopic (exact) mass is 205 g/mol. The van der Waals surface area contributed by atoms with E-state index in [2.05, 4.69) is 0 Å². The number of rotatable bonds is 2. The first kappa shape index (κ1) is 10.5. The van der Waals surface area contributed by atoms with Crippen LogP contribution in [0.2, 0.25) is 0 Å². The number of hydrogen-bond donors (Lipinski definition) is 0. The first-order valence-corrected chi connectivity index (χ1v) is 6.22. The number of carbonyl (C=O) groups excluding carboxylic acids is 1. The third-order valence-corrected chi connectivity index (χ3v) is 3.95. The molecule has 1 aliphatic rings. The summed E-state index contributed by atoms with van der Waals surface area (Å²) in [6.07, 6.45) is 2.51. The van der Waals surface area contributed by atoms with E-state index in [-0.39, 0.29) is 11.7 Å². The Kier molecular flexibility index (Phi) is 3.30. The van der Waals surface area contributed by atoms with E-state index in [1.54, 1.807) is 0 Å². The van der Waals surface area contributed by atoms with E-state index in [0.29, 0.717) is 25.8 Å². The van der Waals surface area contributed by atoms with Gasteiger partial charge in [-0.25, -0.2) is 12.7 Å². The molecule has 5 heteroatoms. The quantitative estimate of drug-likeness (QED) is 0.668. The van der Waals surface area contributed by atoms with E-state index < -0.39 is 10.0 Å². The Bertz CT molecular complexity index is 284. The minimum atomic E-state index is -3.26. The molecule has 4 nitrogen and oxygen atoms in total. The van der Waals surface area contributed by atoms with E-state index in [9.17, 15) is 13.2 Å². The van der Waals surface area contributed by atoms with E-state index in [1.165, 1.54) is 0 Å². The van der Waals surface area contributed by atoms with Gasteiger partial charge >= 0.3 is 0 Å². The highest BCUT2D eigenvalue weighted by atomic mass is 32.2. The molecule has 0 aliphatic carbocycles. The average Bonchev–Trinajstić information content (AvgIpc) is 2.03. The van der Waals surface area contributed by atoms with Gasteiger partial charge in [-0.3, -0.25) is 4.79 Å². The first-order chi connectivity index (χ1) is 6.08. The molecular formula is C8H15NO3S. The number of amides is 1. The fourth-order valence-corrected chi connectivity index (χ4v) is 3.01. The molecule has 0 bridgehead atoms. The van der Waals surface area contributed by atoms with Crippen LogP contribution in [0.5, 0.6) is 0 Å². The predicted molar refractivity (Wildman–Crippen MR) is 49.6 cm³/mol. The van der Waals surface area contributed by atoms with Gasteiger partial charge in [-0.05, 0) is 19.3 Å². The molecule has 0 spiro atoms. The SMILES string of the molecule is CCCC(=O)N1CCCCS1(=O)=O. The van der Waals surface area contributed by atoms with Crippen molar-refractivity contribution >= 4 is 15.9 Å². The zero-order valence-corrected chi connectivity index (χ0v) is 8.64. The Labute approximate surface area is 79.0 Å². The molecule has 0 unspecified atom stereocenters. The van der Waals surface area contributed by atoms with Crippen LogP contribution in [-0.2, 0) is 14.8 Å². The molecule has 0 saturated carbocycles. The van der Waals surface area contributed by atoms with Crippen molar-refractivity contribution in [3.63, 3.8) is 0 Å². The minimum absolute atomic E-state index is 0.127. The predicted octanol–water partition coefficient (Wildman–Crippen LogP) is 0.739. The molecule has 1 rings (SSSR count). The summed E-state index contributed by atoms with van der Waals surface area (Å²) < 4.78 is 23.8. The third kappa shape index (κ3) is 2.43. The number of carbonyl (C=O) groups is 1. The maximum absolute atomic E-state index is 11.4. The highest BCUT2D eigenvalue weighted by Gasteiger charge is 2.29. The zero-order valence-electron chi connectivity index (χ0n) is 7.82. The lowest BCUT2D eigenvalue weighted by Crippen LogP contribution is -2.42. The molecule has 76 valence electrons.